The third-order valence-corrected chi connectivity index (χ3v) is 5.72. The van der Waals surface area contributed by atoms with Crippen LogP contribution in [0.1, 0.15) is 30.0 Å². The molecule has 3 heterocycles. The smallest absolute Gasteiger partial charge is 0.311 e. The van der Waals surface area contributed by atoms with Crippen molar-refractivity contribution in [3.63, 3.8) is 0 Å². The fourth-order valence-electron chi connectivity index (χ4n) is 3.49. The summed E-state index contributed by atoms with van der Waals surface area (Å²) in [6.45, 7) is 6.47. The number of fused-ring (bicyclic) bond motifs is 1. The number of nitrogens with zero attached hydrogens (tertiary/aromatic N) is 1. The number of carboxylic acid groups (broad SMARTS) is 1. The average molecular weight is 349 g/mol. The van der Waals surface area contributed by atoms with E-state index in [-0.39, 0.29) is 5.92 Å². The Hall–Kier alpha value is -1.39. The monoisotopic (exact) mass is 349 g/mol. The second-order valence-electron chi connectivity index (χ2n) is 7.23. The number of thiophene rings is 1. The van der Waals surface area contributed by atoms with Crippen LogP contribution < -0.4 is 0 Å². The normalized spacial score (nSPS) is 27.4. The molecular weight excluding hydrogens is 326 g/mol. The van der Waals surface area contributed by atoms with E-state index in [9.17, 15) is 15.0 Å². The molecule has 2 aliphatic rings. The van der Waals surface area contributed by atoms with Gasteiger partial charge in [0.2, 0.25) is 0 Å². The molecule has 0 spiro atoms. The molecule has 0 saturated carbocycles. The van der Waals surface area contributed by atoms with Gasteiger partial charge in [-0.25, -0.2) is 0 Å². The summed E-state index contributed by atoms with van der Waals surface area (Å²) in [5.74, 6) is 5.18. The highest BCUT2D eigenvalue weighted by Crippen LogP contribution is 2.43. The third-order valence-electron chi connectivity index (χ3n) is 4.74. The van der Waals surface area contributed by atoms with Crippen molar-refractivity contribution in [3.8, 4) is 11.8 Å². The van der Waals surface area contributed by atoms with Crippen molar-refractivity contribution in [2.24, 2.45) is 11.3 Å². The lowest BCUT2D eigenvalue weighted by Gasteiger charge is -2.34. The molecule has 0 aliphatic carbocycles. The molecule has 0 aromatic carbocycles. The van der Waals surface area contributed by atoms with Crippen LogP contribution in [0.3, 0.4) is 0 Å². The van der Waals surface area contributed by atoms with Gasteiger partial charge in [0.25, 0.3) is 0 Å². The highest BCUT2D eigenvalue weighted by atomic mass is 32.1. The van der Waals surface area contributed by atoms with Crippen molar-refractivity contribution in [1.82, 2.24) is 4.90 Å². The topological polar surface area (TPSA) is 70.0 Å². The molecule has 6 heteroatoms. The van der Waals surface area contributed by atoms with Crippen molar-refractivity contribution >= 4 is 17.3 Å². The second-order valence-corrected chi connectivity index (χ2v) is 8.40. The molecule has 2 saturated heterocycles. The van der Waals surface area contributed by atoms with E-state index < -0.39 is 17.0 Å². The first-order chi connectivity index (χ1) is 11.3. The Morgan fingerprint density at radius 3 is 3.00 bits per heavy atom. The van der Waals surface area contributed by atoms with Gasteiger partial charge in [-0.05, 0) is 32.4 Å². The number of carbonyl (C=O) groups is 1. The van der Waals surface area contributed by atoms with Crippen molar-refractivity contribution in [2.75, 3.05) is 26.3 Å². The summed E-state index contributed by atoms with van der Waals surface area (Å²) in [6.07, 6.45) is 0.594. The van der Waals surface area contributed by atoms with Crippen LogP contribution in [0.4, 0.5) is 0 Å². The van der Waals surface area contributed by atoms with E-state index >= 15 is 0 Å². The van der Waals surface area contributed by atoms with E-state index in [1.54, 1.807) is 25.2 Å². The van der Waals surface area contributed by atoms with Crippen LogP contribution in [0.2, 0.25) is 0 Å². The standard InChI is InChI=1S/C18H23NO4S/c1-17(2,22)6-5-14-3-4-15(24-14)10-19-9-13-11-23-8-7-18(13,12-19)16(20)21/h3-4,13,22H,7-12H2,1-2H3,(H,20,21)/t13-,18+/m1/s1. The zero-order chi connectivity index (χ0) is 17.4. The molecule has 24 heavy (non-hydrogen) atoms. The maximum Gasteiger partial charge on any atom is 0.311 e. The molecule has 3 rings (SSSR count). The molecule has 0 amide bonds. The summed E-state index contributed by atoms with van der Waals surface area (Å²) in [7, 11) is 0. The van der Waals surface area contributed by atoms with E-state index in [0.29, 0.717) is 26.2 Å². The Morgan fingerprint density at radius 1 is 1.54 bits per heavy atom. The van der Waals surface area contributed by atoms with Gasteiger partial charge in [0.05, 0.1) is 16.9 Å². The number of likely N-dealkylation sites (tertiary alicyclic amines) is 1. The van der Waals surface area contributed by atoms with Gasteiger partial charge in [-0.15, -0.1) is 11.3 Å². The first kappa shape index (κ1) is 17.4. The van der Waals surface area contributed by atoms with E-state index in [0.717, 1.165) is 22.8 Å². The summed E-state index contributed by atoms with van der Waals surface area (Å²) >= 11 is 1.60. The minimum Gasteiger partial charge on any atom is -0.481 e. The lowest BCUT2D eigenvalue weighted by Crippen LogP contribution is -2.44. The Balaban J connectivity index is 1.68. The maximum atomic E-state index is 11.8. The lowest BCUT2D eigenvalue weighted by atomic mass is 9.74. The minimum atomic E-state index is -0.997. The predicted octanol–water partition coefficient (Wildman–Crippen LogP) is 1.79. The van der Waals surface area contributed by atoms with Gasteiger partial charge in [0, 0.05) is 37.0 Å². The molecule has 5 nitrogen and oxygen atoms in total. The fourth-order valence-corrected chi connectivity index (χ4v) is 4.39. The summed E-state index contributed by atoms with van der Waals surface area (Å²) in [5, 5.41) is 19.4. The third kappa shape index (κ3) is 3.65. The molecule has 2 fully saturated rings. The SMILES string of the molecule is CC(C)(O)C#Cc1ccc(CN2C[C@@H]3COCC[C@]3(C(=O)O)C2)s1. The number of aliphatic hydroxyl groups is 1. The Labute approximate surface area is 146 Å². The van der Waals surface area contributed by atoms with Gasteiger partial charge in [-0.2, -0.15) is 0 Å². The number of rotatable bonds is 3. The van der Waals surface area contributed by atoms with Gasteiger partial charge in [0.1, 0.15) is 5.60 Å². The molecule has 1 aromatic heterocycles. The number of hydrogen-bond donors (Lipinski definition) is 2. The molecule has 0 bridgehead atoms. The number of ether oxygens (including phenoxy) is 1. The Morgan fingerprint density at radius 2 is 2.33 bits per heavy atom. The molecule has 0 unspecified atom stereocenters. The highest BCUT2D eigenvalue weighted by Gasteiger charge is 2.53. The summed E-state index contributed by atoms with van der Waals surface area (Å²) in [6, 6.07) is 3.99. The highest BCUT2D eigenvalue weighted by molar-refractivity contribution is 7.12. The summed E-state index contributed by atoms with van der Waals surface area (Å²) in [4.78, 5) is 16.1. The first-order valence-corrected chi connectivity index (χ1v) is 8.98. The van der Waals surface area contributed by atoms with Crippen molar-refractivity contribution in [1.29, 1.82) is 0 Å². The number of aliphatic carboxylic acids is 1. The quantitative estimate of drug-likeness (QED) is 0.814. The molecule has 2 aliphatic heterocycles. The van der Waals surface area contributed by atoms with Gasteiger partial charge < -0.3 is 14.9 Å². The van der Waals surface area contributed by atoms with E-state index in [2.05, 4.69) is 16.7 Å². The predicted molar refractivity (Wildman–Crippen MR) is 91.8 cm³/mol. The minimum absolute atomic E-state index is 0.0677. The molecule has 2 N–H and O–H groups in total. The van der Waals surface area contributed by atoms with Gasteiger partial charge in [-0.1, -0.05) is 11.8 Å². The number of carboxylic acids is 1. The lowest BCUT2D eigenvalue weighted by molar-refractivity contribution is -0.157. The second kappa shape index (κ2) is 6.49. The van der Waals surface area contributed by atoms with Crippen LogP contribution in [0, 0.1) is 23.2 Å². The summed E-state index contributed by atoms with van der Waals surface area (Å²) < 4.78 is 5.50. The van der Waals surface area contributed by atoms with E-state index in [1.807, 2.05) is 12.1 Å². The zero-order valence-electron chi connectivity index (χ0n) is 14.0. The van der Waals surface area contributed by atoms with E-state index in [1.165, 1.54) is 0 Å². The number of hydrogen-bond acceptors (Lipinski definition) is 5. The van der Waals surface area contributed by atoms with Gasteiger partial charge >= 0.3 is 5.97 Å². The Kier molecular flexibility index (Phi) is 4.71. The molecule has 0 radical (unpaired) electrons. The zero-order valence-corrected chi connectivity index (χ0v) is 14.9. The molecule has 130 valence electrons. The maximum absolute atomic E-state index is 11.8. The van der Waals surface area contributed by atoms with Crippen LogP contribution in [-0.4, -0.2) is 53.0 Å². The summed E-state index contributed by atoms with van der Waals surface area (Å²) in [5.41, 5.74) is -1.65. The van der Waals surface area contributed by atoms with Gasteiger partial charge in [-0.3, -0.25) is 9.69 Å². The van der Waals surface area contributed by atoms with Gasteiger partial charge in [0.15, 0.2) is 0 Å². The van der Waals surface area contributed by atoms with Crippen molar-refractivity contribution < 1.29 is 19.7 Å². The van der Waals surface area contributed by atoms with Crippen molar-refractivity contribution in [3.05, 3.63) is 21.9 Å². The average Bonchev–Trinajstić information content (AvgIpc) is 3.09. The van der Waals surface area contributed by atoms with E-state index in [4.69, 9.17) is 4.74 Å². The Bertz CT molecular complexity index is 681. The van der Waals surface area contributed by atoms with Crippen LogP contribution >= 0.6 is 11.3 Å². The van der Waals surface area contributed by atoms with Crippen LogP contribution in [0.25, 0.3) is 0 Å². The van der Waals surface area contributed by atoms with Crippen molar-refractivity contribution in [2.45, 2.75) is 32.4 Å². The largest absolute Gasteiger partial charge is 0.481 e. The van der Waals surface area contributed by atoms with Crippen LogP contribution in [-0.2, 0) is 16.1 Å². The fraction of sp³-hybridized carbons (Fsp3) is 0.611. The van der Waals surface area contributed by atoms with Crippen LogP contribution in [0.15, 0.2) is 12.1 Å². The molecule has 1 aromatic rings. The molecular formula is C18H23NO4S. The van der Waals surface area contributed by atoms with Crippen LogP contribution in [0.5, 0.6) is 0 Å². The molecule has 2 atom stereocenters. The first-order valence-electron chi connectivity index (χ1n) is 8.16.